The lowest BCUT2D eigenvalue weighted by molar-refractivity contribution is -0.153. The van der Waals surface area contributed by atoms with E-state index in [1.807, 2.05) is 0 Å². The second-order valence-electron chi connectivity index (χ2n) is 8.87. The van der Waals surface area contributed by atoms with Gasteiger partial charge in [0, 0.05) is 39.0 Å². The maximum absolute atomic E-state index is 12.7. The Morgan fingerprint density at radius 1 is 1.18 bits per heavy atom. The Morgan fingerprint density at radius 2 is 1.96 bits per heavy atom. The van der Waals surface area contributed by atoms with Crippen molar-refractivity contribution in [2.24, 2.45) is 11.8 Å². The minimum atomic E-state index is -0.00124. The van der Waals surface area contributed by atoms with Gasteiger partial charge in [-0.2, -0.15) is 0 Å². The van der Waals surface area contributed by atoms with E-state index in [1.165, 1.54) is 18.4 Å². The van der Waals surface area contributed by atoms with E-state index in [4.69, 9.17) is 0 Å². The van der Waals surface area contributed by atoms with E-state index in [1.54, 1.807) is 6.92 Å². The zero-order valence-corrected chi connectivity index (χ0v) is 17.0. The summed E-state index contributed by atoms with van der Waals surface area (Å²) < 4.78 is 0. The molecule has 3 aliphatic heterocycles. The van der Waals surface area contributed by atoms with Crippen LogP contribution in [0.1, 0.15) is 44.6 Å². The van der Waals surface area contributed by atoms with Crippen LogP contribution in [0.4, 0.5) is 0 Å². The van der Waals surface area contributed by atoms with E-state index in [-0.39, 0.29) is 11.9 Å². The fourth-order valence-corrected chi connectivity index (χ4v) is 5.72. The zero-order chi connectivity index (χ0) is 19.5. The molecule has 0 saturated carbocycles. The van der Waals surface area contributed by atoms with Crippen LogP contribution in [0, 0.1) is 11.8 Å². The number of fused-ring (bicyclic) bond motifs is 4. The number of carbonyl (C=O) groups excluding carboxylic acids is 2. The molecule has 5 heteroatoms. The van der Waals surface area contributed by atoms with Gasteiger partial charge in [-0.3, -0.25) is 9.59 Å². The third kappa shape index (κ3) is 4.24. The number of likely N-dealkylation sites (tertiary alicyclic amines) is 1. The average molecular weight is 384 g/mol. The number of nitrogens with zero attached hydrogens (tertiary/aromatic N) is 2. The maximum atomic E-state index is 12.7. The Hall–Kier alpha value is -1.88. The highest BCUT2D eigenvalue weighted by atomic mass is 16.2. The van der Waals surface area contributed by atoms with Crippen molar-refractivity contribution in [3.63, 3.8) is 0 Å². The number of rotatable bonds is 6. The number of piperidine rings is 3. The lowest BCUT2D eigenvalue weighted by Crippen LogP contribution is -2.67. The van der Waals surface area contributed by atoms with Gasteiger partial charge in [0.05, 0.1) is 6.04 Å². The monoisotopic (exact) mass is 383 g/mol. The van der Waals surface area contributed by atoms with Crippen molar-refractivity contribution in [2.75, 3.05) is 26.2 Å². The smallest absolute Gasteiger partial charge is 0.223 e. The lowest BCUT2D eigenvalue weighted by atomic mass is 9.72. The van der Waals surface area contributed by atoms with Crippen LogP contribution in [0.5, 0.6) is 0 Å². The average Bonchev–Trinajstić information content (AvgIpc) is 2.69. The molecule has 3 saturated heterocycles. The first-order chi connectivity index (χ1) is 13.6. The summed E-state index contributed by atoms with van der Waals surface area (Å²) >= 11 is 0. The first-order valence-electron chi connectivity index (χ1n) is 10.9. The quantitative estimate of drug-likeness (QED) is 0.821. The van der Waals surface area contributed by atoms with Crippen molar-refractivity contribution >= 4 is 11.8 Å². The fraction of sp³-hybridized carbons (Fsp3) is 0.652. The summed E-state index contributed by atoms with van der Waals surface area (Å²) in [6.45, 7) is 5.46. The Kier molecular flexibility index (Phi) is 6.00. The highest BCUT2D eigenvalue weighted by molar-refractivity contribution is 5.78. The number of aryl methyl sites for hydroxylation is 1. The van der Waals surface area contributed by atoms with Crippen LogP contribution in [0.3, 0.4) is 0 Å². The summed E-state index contributed by atoms with van der Waals surface area (Å²) in [5, 5.41) is 3.00. The predicted octanol–water partition coefficient (Wildman–Crippen LogP) is 2.46. The minimum absolute atomic E-state index is 0.00124. The SMILES string of the molecule is CC(=O)NC[C@H]1[C@H]2C[C@H](CN(CCCc3ccccc3)C2)[C@@H]2CCCC(=O)N21. The molecule has 0 unspecified atom stereocenters. The van der Waals surface area contributed by atoms with Crippen LogP contribution in [0.15, 0.2) is 30.3 Å². The van der Waals surface area contributed by atoms with E-state index in [0.717, 1.165) is 38.9 Å². The molecule has 1 N–H and O–H groups in total. The van der Waals surface area contributed by atoms with Crippen LogP contribution < -0.4 is 5.32 Å². The second kappa shape index (κ2) is 8.64. The third-order valence-electron chi connectivity index (χ3n) is 6.92. The van der Waals surface area contributed by atoms with Gasteiger partial charge in [-0.05, 0) is 56.0 Å². The van der Waals surface area contributed by atoms with E-state index < -0.39 is 0 Å². The van der Waals surface area contributed by atoms with Crippen LogP contribution in [0.2, 0.25) is 0 Å². The number of benzene rings is 1. The number of nitrogens with one attached hydrogen (secondary N) is 1. The summed E-state index contributed by atoms with van der Waals surface area (Å²) in [5.41, 5.74) is 1.41. The van der Waals surface area contributed by atoms with Gasteiger partial charge in [-0.25, -0.2) is 0 Å². The molecule has 0 spiro atoms. The van der Waals surface area contributed by atoms with E-state index >= 15 is 0 Å². The molecule has 1 aromatic carbocycles. The third-order valence-corrected chi connectivity index (χ3v) is 6.92. The van der Waals surface area contributed by atoms with Gasteiger partial charge in [0.1, 0.15) is 0 Å². The summed E-state index contributed by atoms with van der Waals surface area (Å²) in [4.78, 5) is 29.0. The Balaban J connectivity index is 1.41. The van der Waals surface area contributed by atoms with Gasteiger partial charge < -0.3 is 15.1 Å². The second-order valence-corrected chi connectivity index (χ2v) is 8.87. The Labute approximate surface area is 168 Å². The van der Waals surface area contributed by atoms with Crippen molar-refractivity contribution in [3.05, 3.63) is 35.9 Å². The summed E-state index contributed by atoms with van der Waals surface area (Å²) in [5.74, 6) is 1.37. The van der Waals surface area contributed by atoms with Crippen LogP contribution in [-0.2, 0) is 16.0 Å². The fourth-order valence-electron chi connectivity index (χ4n) is 5.72. The molecule has 4 atom stereocenters. The van der Waals surface area contributed by atoms with Crippen LogP contribution in [0.25, 0.3) is 0 Å². The maximum Gasteiger partial charge on any atom is 0.223 e. The van der Waals surface area contributed by atoms with Gasteiger partial charge in [-0.1, -0.05) is 30.3 Å². The molecule has 5 nitrogen and oxygen atoms in total. The largest absolute Gasteiger partial charge is 0.354 e. The van der Waals surface area contributed by atoms with Crippen molar-refractivity contribution in [3.8, 4) is 0 Å². The van der Waals surface area contributed by atoms with Gasteiger partial charge in [0.15, 0.2) is 0 Å². The van der Waals surface area contributed by atoms with Crippen molar-refractivity contribution in [1.82, 2.24) is 15.1 Å². The molecule has 152 valence electrons. The molecule has 3 aliphatic rings. The standard InChI is InChI=1S/C23H33N3O2/c1-17(27)24-14-22-20-13-19(21-10-5-11-23(28)26(21)22)15-25(16-20)12-6-9-18-7-3-2-4-8-18/h2-4,7-8,19-22H,5-6,9-16H2,1H3,(H,24,27)/t19-,20+,21+,22+/m1/s1. The molecule has 1 aromatic rings. The van der Waals surface area contributed by atoms with E-state index in [9.17, 15) is 9.59 Å². The number of hydrogen-bond donors (Lipinski definition) is 1. The zero-order valence-electron chi connectivity index (χ0n) is 17.0. The van der Waals surface area contributed by atoms with Gasteiger partial charge in [-0.15, -0.1) is 0 Å². The molecular formula is C23H33N3O2. The lowest BCUT2D eigenvalue weighted by Gasteiger charge is -2.56. The van der Waals surface area contributed by atoms with Crippen molar-refractivity contribution in [1.29, 1.82) is 0 Å². The predicted molar refractivity (Wildman–Crippen MR) is 110 cm³/mol. The summed E-state index contributed by atoms with van der Waals surface area (Å²) in [7, 11) is 0. The first kappa shape index (κ1) is 19.4. The molecule has 4 rings (SSSR count). The molecule has 3 fully saturated rings. The summed E-state index contributed by atoms with van der Waals surface area (Å²) in [6.07, 6.45) is 6.31. The van der Waals surface area contributed by atoms with E-state index in [2.05, 4.69) is 45.4 Å². The highest BCUT2D eigenvalue weighted by Crippen LogP contribution is 2.41. The van der Waals surface area contributed by atoms with Crippen molar-refractivity contribution in [2.45, 2.75) is 57.5 Å². The molecule has 28 heavy (non-hydrogen) atoms. The Bertz CT molecular complexity index is 692. The van der Waals surface area contributed by atoms with Crippen LogP contribution >= 0.6 is 0 Å². The molecule has 0 aliphatic carbocycles. The van der Waals surface area contributed by atoms with E-state index in [0.29, 0.717) is 36.8 Å². The minimum Gasteiger partial charge on any atom is -0.354 e. The molecule has 3 heterocycles. The molecule has 0 radical (unpaired) electrons. The van der Waals surface area contributed by atoms with Gasteiger partial charge in [0.25, 0.3) is 0 Å². The Morgan fingerprint density at radius 3 is 2.75 bits per heavy atom. The van der Waals surface area contributed by atoms with Gasteiger partial charge >= 0.3 is 0 Å². The first-order valence-corrected chi connectivity index (χ1v) is 10.9. The van der Waals surface area contributed by atoms with Gasteiger partial charge in [0.2, 0.25) is 11.8 Å². The van der Waals surface area contributed by atoms with Crippen LogP contribution in [-0.4, -0.2) is 59.9 Å². The number of hydrogen-bond acceptors (Lipinski definition) is 3. The molecule has 2 bridgehead atoms. The molecular weight excluding hydrogens is 350 g/mol. The molecule has 2 amide bonds. The topological polar surface area (TPSA) is 52.7 Å². The van der Waals surface area contributed by atoms with Crippen molar-refractivity contribution < 1.29 is 9.59 Å². The summed E-state index contributed by atoms with van der Waals surface area (Å²) in [6, 6.07) is 11.2. The normalized spacial score (nSPS) is 30.0. The molecule has 0 aromatic heterocycles. The highest BCUT2D eigenvalue weighted by Gasteiger charge is 2.49. The number of carbonyl (C=O) groups is 2. The number of amides is 2.